The molecule has 2 rings (SSSR count). The Morgan fingerprint density at radius 2 is 2.00 bits per heavy atom. The molecular weight excluding hydrogens is 204 g/mol. The number of nitrogens with one attached hydrogen (secondary N) is 1. The van der Waals surface area contributed by atoms with Gasteiger partial charge in [0.25, 0.3) is 0 Å². The van der Waals surface area contributed by atoms with Crippen molar-refractivity contribution in [2.24, 2.45) is 0 Å². The summed E-state index contributed by atoms with van der Waals surface area (Å²) in [5.41, 5.74) is 2.44. The maximum absolute atomic E-state index is 4.40. The van der Waals surface area contributed by atoms with E-state index in [0.717, 1.165) is 23.8 Å². The van der Waals surface area contributed by atoms with Crippen molar-refractivity contribution in [1.82, 2.24) is 10.3 Å². The molecule has 3 heteroatoms. The molecule has 0 atom stereocenters. The Morgan fingerprint density at radius 3 is 2.67 bits per heavy atom. The largest absolute Gasteiger partial charge is 0.307 e. The summed E-state index contributed by atoms with van der Waals surface area (Å²) in [6.07, 6.45) is 0. The molecule has 2 nitrogen and oxygen atoms in total. The first-order chi connectivity index (χ1) is 7.34. The summed E-state index contributed by atoms with van der Waals surface area (Å²) in [5, 5.41) is 6.61. The number of rotatable bonds is 4. The van der Waals surface area contributed by atoms with Crippen LogP contribution in [0, 0.1) is 6.92 Å². The van der Waals surface area contributed by atoms with Crippen LogP contribution in [0.4, 0.5) is 0 Å². The topological polar surface area (TPSA) is 24.9 Å². The molecular formula is C12H14N2S. The SMILES string of the molecule is Cc1nc(CNCc2ccccc2)cs1. The van der Waals surface area contributed by atoms with E-state index in [-0.39, 0.29) is 0 Å². The molecule has 1 aromatic heterocycles. The minimum atomic E-state index is 0.846. The van der Waals surface area contributed by atoms with Gasteiger partial charge in [-0.25, -0.2) is 4.98 Å². The van der Waals surface area contributed by atoms with Crippen LogP contribution >= 0.6 is 11.3 Å². The van der Waals surface area contributed by atoms with Crippen molar-refractivity contribution in [2.45, 2.75) is 20.0 Å². The molecule has 2 aromatic rings. The summed E-state index contributed by atoms with van der Waals surface area (Å²) < 4.78 is 0. The lowest BCUT2D eigenvalue weighted by Crippen LogP contribution is -2.12. The van der Waals surface area contributed by atoms with Crippen LogP contribution in [0.15, 0.2) is 35.7 Å². The molecule has 78 valence electrons. The van der Waals surface area contributed by atoms with E-state index in [9.17, 15) is 0 Å². The van der Waals surface area contributed by atoms with Crippen LogP contribution in [0.3, 0.4) is 0 Å². The van der Waals surface area contributed by atoms with Crippen molar-refractivity contribution in [3.63, 3.8) is 0 Å². The molecule has 0 aliphatic rings. The number of hydrogen-bond donors (Lipinski definition) is 1. The molecule has 0 radical (unpaired) electrons. The molecule has 0 bridgehead atoms. The van der Waals surface area contributed by atoms with E-state index in [2.05, 4.69) is 39.9 Å². The molecule has 1 aromatic carbocycles. The molecule has 0 amide bonds. The Labute approximate surface area is 94.0 Å². The van der Waals surface area contributed by atoms with Crippen LogP contribution in [0.25, 0.3) is 0 Å². The third kappa shape index (κ3) is 3.15. The molecule has 0 aliphatic heterocycles. The second-order valence-electron chi connectivity index (χ2n) is 3.45. The van der Waals surface area contributed by atoms with Crippen molar-refractivity contribution in [2.75, 3.05) is 0 Å². The maximum atomic E-state index is 4.40. The van der Waals surface area contributed by atoms with Gasteiger partial charge < -0.3 is 5.32 Å². The van der Waals surface area contributed by atoms with E-state index in [1.807, 2.05) is 13.0 Å². The second kappa shape index (κ2) is 5.05. The fourth-order valence-electron chi connectivity index (χ4n) is 1.42. The first-order valence-electron chi connectivity index (χ1n) is 5.00. The summed E-state index contributed by atoms with van der Waals surface area (Å²) in [4.78, 5) is 4.40. The zero-order valence-electron chi connectivity index (χ0n) is 8.73. The molecule has 0 spiro atoms. The van der Waals surface area contributed by atoms with E-state index >= 15 is 0 Å². The summed E-state index contributed by atoms with van der Waals surface area (Å²) >= 11 is 1.70. The summed E-state index contributed by atoms with van der Waals surface area (Å²) in [7, 11) is 0. The Morgan fingerprint density at radius 1 is 1.20 bits per heavy atom. The molecule has 0 saturated carbocycles. The molecule has 0 fully saturated rings. The monoisotopic (exact) mass is 218 g/mol. The highest BCUT2D eigenvalue weighted by atomic mass is 32.1. The van der Waals surface area contributed by atoms with Crippen molar-refractivity contribution >= 4 is 11.3 Å². The standard InChI is InChI=1S/C12H14N2S/c1-10-14-12(9-15-10)8-13-7-11-5-3-2-4-6-11/h2-6,9,13H,7-8H2,1H3. The van der Waals surface area contributed by atoms with E-state index in [1.165, 1.54) is 5.56 Å². The summed E-state index contributed by atoms with van der Waals surface area (Å²) in [6.45, 7) is 3.78. The van der Waals surface area contributed by atoms with Gasteiger partial charge in [-0.3, -0.25) is 0 Å². The fourth-order valence-corrected chi connectivity index (χ4v) is 2.03. The van der Waals surface area contributed by atoms with Gasteiger partial charge in [0.2, 0.25) is 0 Å². The molecule has 15 heavy (non-hydrogen) atoms. The molecule has 1 heterocycles. The highest BCUT2D eigenvalue weighted by molar-refractivity contribution is 7.09. The smallest absolute Gasteiger partial charge is 0.0897 e. The number of hydrogen-bond acceptors (Lipinski definition) is 3. The lowest BCUT2D eigenvalue weighted by molar-refractivity contribution is 0.682. The number of nitrogens with zero attached hydrogens (tertiary/aromatic N) is 1. The van der Waals surface area contributed by atoms with Gasteiger partial charge in [-0.2, -0.15) is 0 Å². The van der Waals surface area contributed by atoms with Gasteiger partial charge in [-0.15, -0.1) is 11.3 Å². The maximum Gasteiger partial charge on any atom is 0.0897 e. The van der Waals surface area contributed by atoms with Gasteiger partial charge in [0.15, 0.2) is 0 Å². The van der Waals surface area contributed by atoms with Crippen LogP contribution in [-0.2, 0) is 13.1 Å². The van der Waals surface area contributed by atoms with Gasteiger partial charge >= 0.3 is 0 Å². The van der Waals surface area contributed by atoms with E-state index < -0.39 is 0 Å². The average Bonchev–Trinajstić information content (AvgIpc) is 2.66. The number of aryl methyl sites for hydroxylation is 1. The Balaban J connectivity index is 1.80. The Kier molecular flexibility index (Phi) is 3.48. The predicted molar refractivity (Wildman–Crippen MR) is 63.8 cm³/mol. The third-order valence-electron chi connectivity index (χ3n) is 2.14. The molecule has 0 aliphatic carbocycles. The van der Waals surface area contributed by atoms with Gasteiger partial charge in [0, 0.05) is 18.5 Å². The highest BCUT2D eigenvalue weighted by Gasteiger charge is 1.97. The second-order valence-corrected chi connectivity index (χ2v) is 4.51. The van der Waals surface area contributed by atoms with Crippen molar-refractivity contribution in [1.29, 1.82) is 0 Å². The van der Waals surface area contributed by atoms with Gasteiger partial charge in [0.05, 0.1) is 10.7 Å². The average molecular weight is 218 g/mol. The molecule has 0 saturated heterocycles. The van der Waals surface area contributed by atoms with Crippen molar-refractivity contribution in [3.8, 4) is 0 Å². The summed E-state index contributed by atoms with van der Waals surface area (Å²) in [6, 6.07) is 10.4. The lowest BCUT2D eigenvalue weighted by atomic mass is 10.2. The van der Waals surface area contributed by atoms with Crippen LogP contribution in [-0.4, -0.2) is 4.98 Å². The number of aromatic nitrogens is 1. The third-order valence-corrected chi connectivity index (χ3v) is 2.97. The quantitative estimate of drug-likeness (QED) is 0.853. The van der Waals surface area contributed by atoms with Crippen molar-refractivity contribution in [3.05, 3.63) is 52.0 Å². The fraction of sp³-hybridized carbons (Fsp3) is 0.250. The van der Waals surface area contributed by atoms with Gasteiger partial charge in [-0.05, 0) is 12.5 Å². The Hall–Kier alpha value is -1.19. The van der Waals surface area contributed by atoms with Crippen LogP contribution in [0.2, 0.25) is 0 Å². The van der Waals surface area contributed by atoms with Gasteiger partial charge in [-0.1, -0.05) is 30.3 Å². The van der Waals surface area contributed by atoms with E-state index in [0.29, 0.717) is 0 Å². The van der Waals surface area contributed by atoms with Crippen LogP contribution in [0.5, 0.6) is 0 Å². The number of thiazole rings is 1. The minimum Gasteiger partial charge on any atom is -0.307 e. The van der Waals surface area contributed by atoms with E-state index in [1.54, 1.807) is 11.3 Å². The van der Waals surface area contributed by atoms with Crippen molar-refractivity contribution < 1.29 is 0 Å². The lowest BCUT2D eigenvalue weighted by Gasteiger charge is -2.02. The first-order valence-corrected chi connectivity index (χ1v) is 5.88. The zero-order chi connectivity index (χ0) is 10.5. The highest BCUT2D eigenvalue weighted by Crippen LogP contribution is 2.07. The van der Waals surface area contributed by atoms with Gasteiger partial charge in [0.1, 0.15) is 0 Å². The minimum absolute atomic E-state index is 0.846. The molecule has 0 unspecified atom stereocenters. The first kappa shape index (κ1) is 10.3. The number of benzene rings is 1. The van der Waals surface area contributed by atoms with Crippen LogP contribution < -0.4 is 5.32 Å². The van der Waals surface area contributed by atoms with Crippen LogP contribution in [0.1, 0.15) is 16.3 Å². The summed E-state index contributed by atoms with van der Waals surface area (Å²) in [5.74, 6) is 0. The molecule has 1 N–H and O–H groups in total. The normalized spacial score (nSPS) is 10.5. The van der Waals surface area contributed by atoms with E-state index in [4.69, 9.17) is 0 Å². The Bertz CT molecular complexity index is 409. The zero-order valence-corrected chi connectivity index (χ0v) is 9.55. The predicted octanol–water partition coefficient (Wildman–Crippen LogP) is 2.74.